The lowest BCUT2D eigenvalue weighted by Gasteiger charge is -2.19. The predicted molar refractivity (Wildman–Crippen MR) is 132 cm³/mol. The highest BCUT2D eigenvalue weighted by atomic mass is 32.2. The van der Waals surface area contributed by atoms with Gasteiger partial charge in [-0.2, -0.15) is 0 Å². The van der Waals surface area contributed by atoms with E-state index in [-0.39, 0.29) is 17.8 Å². The van der Waals surface area contributed by atoms with Gasteiger partial charge in [-0.3, -0.25) is 9.36 Å². The molecule has 2 heterocycles. The van der Waals surface area contributed by atoms with E-state index in [2.05, 4.69) is 45.0 Å². The Bertz CT molecular complexity index is 1370. The minimum atomic E-state index is -0.0381. The highest BCUT2D eigenvalue weighted by Crippen LogP contribution is 2.33. The smallest absolute Gasteiger partial charge is 0.262 e. The summed E-state index contributed by atoms with van der Waals surface area (Å²) in [5, 5.41) is 1.33. The Morgan fingerprint density at radius 2 is 1.67 bits per heavy atom. The molecule has 5 nitrogen and oxygen atoms in total. The number of hydrogen-bond donors (Lipinski definition) is 0. The molecule has 0 amide bonds. The molecular formula is C27H26N2O3S. The maximum absolute atomic E-state index is 13.4. The second-order valence-corrected chi connectivity index (χ2v) is 10.2. The summed E-state index contributed by atoms with van der Waals surface area (Å²) in [4.78, 5) is 18.3. The second kappa shape index (κ2) is 8.60. The molecule has 0 N–H and O–H groups in total. The first-order valence-corrected chi connectivity index (χ1v) is 12.0. The lowest BCUT2D eigenvalue weighted by atomic mass is 9.87. The van der Waals surface area contributed by atoms with Crippen LogP contribution < -0.4 is 15.0 Å². The van der Waals surface area contributed by atoms with Gasteiger partial charge in [0.25, 0.3) is 5.56 Å². The van der Waals surface area contributed by atoms with Gasteiger partial charge in [0.05, 0.1) is 17.4 Å². The minimum absolute atomic E-state index is 0.0381. The highest BCUT2D eigenvalue weighted by Gasteiger charge is 2.17. The van der Waals surface area contributed by atoms with Crippen LogP contribution in [0.1, 0.15) is 37.5 Å². The predicted octanol–water partition coefficient (Wildman–Crippen LogP) is 5.76. The van der Waals surface area contributed by atoms with Crippen molar-refractivity contribution in [1.82, 2.24) is 9.55 Å². The fourth-order valence-electron chi connectivity index (χ4n) is 3.87. The Kier molecular flexibility index (Phi) is 5.62. The molecule has 168 valence electrons. The fraction of sp³-hybridized carbons (Fsp3) is 0.259. The second-order valence-electron chi connectivity index (χ2n) is 9.23. The van der Waals surface area contributed by atoms with E-state index in [0.29, 0.717) is 22.8 Å². The summed E-state index contributed by atoms with van der Waals surface area (Å²) in [5.41, 5.74) is 4.27. The van der Waals surface area contributed by atoms with E-state index in [4.69, 9.17) is 14.5 Å². The number of hydrogen-bond acceptors (Lipinski definition) is 5. The van der Waals surface area contributed by atoms with Gasteiger partial charge >= 0.3 is 0 Å². The average Bonchev–Trinajstić information content (AvgIpc) is 3.27. The maximum atomic E-state index is 13.4. The SMILES string of the molecule is CC(C)(C)c1ccc(CSc2nc3ccccc3c(=O)n2Cc2ccc3c(c2)OCO3)cc1. The molecule has 0 spiro atoms. The quantitative estimate of drug-likeness (QED) is 0.281. The summed E-state index contributed by atoms with van der Waals surface area (Å²) < 4.78 is 12.7. The first-order valence-electron chi connectivity index (χ1n) is 11.0. The molecule has 0 fully saturated rings. The van der Waals surface area contributed by atoms with E-state index < -0.39 is 0 Å². The molecule has 6 heteroatoms. The molecule has 0 aliphatic carbocycles. The van der Waals surface area contributed by atoms with Crippen LogP contribution in [-0.2, 0) is 17.7 Å². The van der Waals surface area contributed by atoms with E-state index >= 15 is 0 Å². The van der Waals surface area contributed by atoms with Gasteiger partial charge in [-0.15, -0.1) is 0 Å². The number of rotatable bonds is 5. The molecule has 1 aromatic heterocycles. The van der Waals surface area contributed by atoms with Crippen LogP contribution in [0.4, 0.5) is 0 Å². The third-order valence-corrected chi connectivity index (χ3v) is 6.84. The molecule has 3 aromatic carbocycles. The third kappa shape index (κ3) is 4.48. The number of benzene rings is 3. The van der Waals surface area contributed by atoms with E-state index in [1.165, 1.54) is 11.1 Å². The zero-order chi connectivity index (χ0) is 23.0. The number of thioether (sulfide) groups is 1. The molecule has 4 aromatic rings. The van der Waals surface area contributed by atoms with Crippen molar-refractivity contribution in [1.29, 1.82) is 0 Å². The van der Waals surface area contributed by atoms with Crippen LogP contribution in [0.5, 0.6) is 11.5 Å². The van der Waals surface area contributed by atoms with Crippen LogP contribution in [0.2, 0.25) is 0 Å². The van der Waals surface area contributed by atoms with Crippen molar-refractivity contribution in [3.63, 3.8) is 0 Å². The Labute approximate surface area is 197 Å². The van der Waals surface area contributed by atoms with Crippen molar-refractivity contribution >= 4 is 22.7 Å². The minimum Gasteiger partial charge on any atom is -0.454 e. The number of aromatic nitrogens is 2. The van der Waals surface area contributed by atoms with E-state index in [1.54, 1.807) is 16.3 Å². The summed E-state index contributed by atoms with van der Waals surface area (Å²) in [5.74, 6) is 2.18. The third-order valence-electron chi connectivity index (χ3n) is 5.79. The molecule has 0 unspecified atom stereocenters. The van der Waals surface area contributed by atoms with Crippen LogP contribution in [0.3, 0.4) is 0 Å². The van der Waals surface area contributed by atoms with Gasteiger partial charge in [-0.1, -0.05) is 75.0 Å². The topological polar surface area (TPSA) is 53.4 Å². The largest absolute Gasteiger partial charge is 0.454 e. The van der Waals surface area contributed by atoms with Crippen LogP contribution in [0.15, 0.2) is 76.7 Å². The van der Waals surface area contributed by atoms with Gasteiger partial charge in [0.2, 0.25) is 6.79 Å². The zero-order valence-corrected chi connectivity index (χ0v) is 19.8. The van der Waals surface area contributed by atoms with Gasteiger partial charge in [-0.05, 0) is 46.4 Å². The normalized spacial score (nSPS) is 12.9. The number of ether oxygens (including phenoxy) is 2. The van der Waals surface area contributed by atoms with Crippen molar-refractivity contribution in [2.75, 3.05) is 6.79 Å². The van der Waals surface area contributed by atoms with Crippen molar-refractivity contribution in [2.45, 2.75) is 43.6 Å². The van der Waals surface area contributed by atoms with Gasteiger partial charge in [0, 0.05) is 5.75 Å². The summed E-state index contributed by atoms with van der Waals surface area (Å²) in [6, 6.07) is 22.0. The lowest BCUT2D eigenvalue weighted by Crippen LogP contribution is -2.24. The van der Waals surface area contributed by atoms with Crippen molar-refractivity contribution in [2.24, 2.45) is 0 Å². The van der Waals surface area contributed by atoms with E-state index in [9.17, 15) is 4.79 Å². The van der Waals surface area contributed by atoms with Crippen LogP contribution in [0.25, 0.3) is 10.9 Å². The van der Waals surface area contributed by atoms with Crippen LogP contribution in [-0.4, -0.2) is 16.3 Å². The monoisotopic (exact) mass is 458 g/mol. The highest BCUT2D eigenvalue weighted by molar-refractivity contribution is 7.98. The van der Waals surface area contributed by atoms with Gasteiger partial charge in [0.1, 0.15) is 0 Å². The Morgan fingerprint density at radius 3 is 2.45 bits per heavy atom. The van der Waals surface area contributed by atoms with Crippen molar-refractivity contribution in [3.05, 3.63) is 93.8 Å². The Balaban J connectivity index is 1.47. The summed E-state index contributed by atoms with van der Waals surface area (Å²) >= 11 is 1.58. The molecule has 0 atom stereocenters. The first-order chi connectivity index (χ1) is 15.9. The molecule has 1 aliphatic rings. The summed E-state index contributed by atoms with van der Waals surface area (Å²) in [6.45, 7) is 7.28. The van der Waals surface area contributed by atoms with Gasteiger partial charge in [0.15, 0.2) is 16.7 Å². The molecule has 33 heavy (non-hydrogen) atoms. The van der Waals surface area contributed by atoms with Crippen LogP contribution >= 0.6 is 11.8 Å². The van der Waals surface area contributed by atoms with Gasteiger partial charge in [-0.25, -0.2) is 4.98 Å². The number of nitrogens with zero attached hydrogens (tertiary/aromatic N) is 2. The number of para-hydroxylation sites is 1. The first kappa shape index (κ1) is 21.6. The van der Waals surface area contributed by atoms with E-state index in [1.807, 2.05) is 42.5 Å². The van der Waals surface area contributed by atoms with Crippen molar-refractivity contribution < 1.29 is 9.47 Å². The fourth-order valence-corrected chi connectivity index (χ4v) is 4.82. The molecule has 0 saturated carbocycles. The summed E-state index contributed by atoms with van der Waals surface area (Å²) in [7, 11) is 0. The molecular weight excluding hydrogens is 432 g/mol. The number of fused-ring (bicyclic) bond motifs is 2. The Hall–Kier alpha value is -3.25. The molecule has 0 saturated heterocycles. The van der Waals surface area contributed by atoms with Crippen LogP contribution in [0, 0.1) is 0 Å². The van der Waals surface area contributed by atoms with E-state index in [0.717, 1.165) is 22.6 Å². The standard InChI is InChI=1S/C27H26N2O3S/c1-27(2,3)20-11-8-18(9-12-20)16-33-26-28-22-7-5-4-6-21(22)25(30)29(26)15-19-10-13-23-24(14-19)32-17-31-23/h4-14H,15-17H2,1-3H3. The molecule has 0 radical (unpaired) electrons. The Morgan fingerprint density at radius 1 is 0.939 bits per heavy atom. The molecule has 0 bridgehead atoms. The van der Waals surface area contributed by atoms with Crippen molar-refractivity contribution in [3.8, 4) is 11.5 Å². The average molecular weight is 459 g/mol. The molecule has 5 rings (SSSR count). The molecule has 1 aliphatic heterocycles. The van der Waals surface area contributed by atoms with Gasteiger partial charge < -0.3 is 9.47 Å². The zero-order valence-electron chi connectivity index (χ0n) is 19.0. The summed E-state index contributed by atoms with van der Waals surface area (Å²) in [6.07, 6.45) is 0. The lowest BCUT2D eigenvalue weighted by molar-refractivity contribution is 0.174. The maximum Gasteiger partial charge on any atom is 0.262 e.